The van der Waals surface area contributed by atoms with Crippen molar-refractivity contribution in [2.75, 3.05) is 34.9 Å². The van der Waals surface area contributed by atoms with Crippen LogP contribution in [0.4, 0.5) is 0 Å². The highest BCUT2D eigenvalue weighted by molar-refractivity contribution is 5.97. The number of ether oxygens (including phenoxy) is 2. The standard InChI is InChI=1S/C21H25N3O5/c1-22-20(26)15-7-5-14(6-8-15)13-24(2)19(25)12-23-21(27)16-9-10-17(28-3)18(11-16)29-4/h5-11H,12-13H2,1-4H3,(H,22,26)(H,23,27). The Labute approximate surface area is 169 Å². The van der Waals surface area contributed by atoms with Gasteiger partial charge in [0.2, 0.25) is 5.91 Å². The normalized spacial score (nSPS) is 10.1. The summed E-state index contributed by atoms with van der Waals surface area (Å²) in [6.07, 6.45) is 0. The number of hydrogen-bond acceptors (Lipinski definition) is 5. The zero-order chi connectivity index (χ0) is 21.4. The molecular weight excluding hydrogens is 374 g/mol. The second-order valence-electron chi connectivity index (χ2n) is 6.28. The molecule has 154 valence electrons. The van der Waals surface area contributed by atoms with Crippen LogP contribution in [-0.2, 0) is 11.3 Å². The summed E-state index contributed by atoms with van der Waals surface area (Å²) in [6.45, 7) is 0.221. The van der Waals surface area contributed by atoms with Gasteiger partial charge in [-0.2, -0.15) is 0 Å². The number of nitrogens with one attached hydrogen (secondary N) is 2. The highest BCUT2D eigenvalue weighted by Gasteiger charge is 2.14. The lowest BCUT2D eigenvalue weighted by atomic mass is 10.1. The lowest BCUT2D eigenvalue weighted by Gasteiger charge is -2.18. The number of likely N-dealkylation sites (N-methyl/N-ethyl adjacent to an activating group) is 1. The Morgan fingerprint density at radius 1 is 0.897 bits per heavy atom. The first kappa shape index (κ1) is 21.7. The van der Waals surface area contributed by atoms with Gasteiger partial charge in [0.1, 0.15) is 0 Å². The minimum atomic E-state index is -0.386. The second-order valence-corrected chi connectivity index (χ2v) is 6.28. The van der Waals surface area contributed by atoms with E-state index in [1.165, 1.54) is 19.1 Å². The molecule has 0 saturated heterocycles. The van der Waals surface area contributed by atoms with Crippen LogP contribution >= 0.6 is 0 Å². The van der Waals surface area contributed by atoms with E-state index in [0.29, 0.717) is 29.2 Å². The second kappa shape index (κ2) is 10.1. The molecular formula is C21H25N3O5. The number of nitrogens with zero attached hydrogens (tertiary/aromatic N) is 1. The van der Waals surface area contributed by atoms with Gasteiger partial charge in [0.15, 0.2) is 11.5 Å². The van der Waals surface area contributed by atoms with Crippen molar-refractivity contribution in [3.8, 4) is 11.5 Å². The molecule has 2 N–H and O–H groups in total. The number of benzene rings is 2. The van der Waals surface area contributed by atoms with Crippen LogP contribution in [0.2, 0.25) is 0 Å². The van der Waals surface area contributed by atoms with E-state index in [4.69, 9.17) is 9.47 Å². The van der Waals surface area contributed by atoms with Gasteiger partial charge < -0.3 is 25.0 Å². The summed E-state index contributed by atoms with van der Waals surface area (Å²) in [5.41, 5.74) is 1.79. The molecule has 2 rings (SSSR count). The number of methoxy groups -OCH3 is 2. The lowest BCUT2D eigenvalue weighted by molar-refractivity contribution is -0.129. The fourth-order valence-electron chi connectivity index (χ4n) is 2.64. The topological polar surface area (TPSA) is 97.0 Å². The predicted molar refractivity (Wildman–Crippen MR) is 108 cm³/mol. The van der Waals surface area contributed by atoms with E-state index in [1.54, 1.807) is 56.6 Å². The van der Waals surface area contributed by atoms with Gasteiger partial charge in [0, 0.05) is 31.8 Å². The van der Waals surface area contributed by atoms with Crippen LogP contribution in [0, 0.1) is 0 Å². The zero-order valence-corrected chi connectivity index (χ0v) is 16.9. The van der Waals surface area contributed by atoms with E-state index in [9.17, 15) is 14.4 Å². The van der Waals surface area contributed by atoms with Gasteiger partial charge in [-0.3, -0.25) is 14.4 Å². The minimum absolute atomic E-state index is 0.139. The molecule has 0 unspecified atom stereocenters. The van der Waals surface area contributed by atoms with Crippen LogP contribution < -0.4 is 20.1 Å². The third kappa shape index (κ3) is 5.71. The van der Waals surface area contributed by atoms with Crippen LogP contribution in [0.5, 0.6) is 11.5 Å². The maximum atomic E-state index is 12.3. The number of rotatable bonds is 8. The SMILES string of the molecule is CNC(=O)c1ccc(CN(C)C(=O)CNC(=O)c2ccc(OC)c(OC)c2)cc1. The molecule has 0 heterocycles. The quantitative estimate of drug-likeness (QED) is 0.700. The van der Waals surface area contributed by atoms with E-state index in [-0.39, 0.29) is 24.3 Å². The highest BCUT2D eigenvalue weighted by Crippen LogP contribution is 2.27. The van der Waals surface area contributed by atoms with Gasteiger partial charge in [-0.15, -0.1) is 0 Å². The van der Waals surface area contributed by atoms with Crippen molar-refractivity contribution in [2.24, 2.45) is 0 Å². The zero-order valence-electron chi connectivity index (χ0n) is 16.9. The monoisotopic (exact) mass is 399 g/mol. The molecule has 29 heavy (non-hydrogen) atoms. The lowest BCUT2D eigenvalue weighted by Crippen LogP contribution is -2.37. The van der Waals surface area contributed by atoms with Gasteiger partial charge in [-0.05, 0) is 35.9 Å². The number of amides is 3. The summed E-state index contributed by atoms with van der Waals surface area (Å²) in [6, 6.07) is 11.8. The van der Waals surface area contributed by atoms with Crippen LogP contribution in [0.25, 0.3) is 0 Å². The molecule has 8 heteroatoms. The average molecular weight is 399 g/mol. The van der Waals surface area contributed by atoms with Crippen molar-refractivity contribution in [1.82, 2.24) is 15.5 Å². The van der Waals surface area contributed by atoms with Crippen molar-refractivity contribution in [1.29, 1.82) is 0 Å². The summed E-state index contributed by atoms with van der Waals surface area (Å²) in [5.74, 6) is 0.154. The smallest absolute Gasteiger partial charge is 0.251 e. The third-order valence-electron chi connectivity index (χ3n) is 4.33. The van der Waals surface area contributed by atoms with E-state index in [0.717, 1.165) is 5.56 Å². The molecule has 2 aromatic carbocycles. The van der Waals surface area contributed by atoms with Gasteiger partial charge in [0.05, 0.1) is 20.8 Å². The maximum Gasteiger partial charge on any atom is 0.251 e. The molecule has 0 saturated carbocycles. The Kier molecular flexibility index (Phi) is 7.59. The van der Waals surface area contributed by atoms with Gasteiger partial charge in [0.25, 0.3) is 11.8 Å². The molecule has 0 bridgehead atoms. The largest absolute Gasteiger partial charge is 0.493 e. The van der Waals surface area contributed by atoms with Gasteiger partial charge >= 0.3 is 0 Å². The summed E-state index contributed by atoms with van der Waals surface area (Å²) < 4.78 is 10.3. The molecule has 0 fully saturated rings. The molecule has 0 aliphatic rings. The molecule has 0 spiro atoms. The summed E-state index contributed by atoms with van der Waals surface area (Å²) in [4.78, 5) is 37.7. The van der Waals surface area contributed by atoms with Crippen LogP contribution in [0.15, 0.2) is 42.5 Å². The van der Waals surface area contributed by atoms with Crippen molar-refractivity contribution in [2.45, 2.75) is 6.54 Å². The van der Waals surface area contributed by atoms with E-state index in [1.807, 2.05) is 0 Å². The fourth-order valence-corrected chi connectivity index (χ4v) is 2.64. The third-order valence-corrected chi connectivity index (χ3v) is 4.33. The number of carbonyl (C=O) groups is 3. The van der Waals surface area contributed by atoms with Crippen molar-refractivity contribution in [3.63, 3.8) is 0 Å². The first-order valence-corrected chi connectivity index (χ1v) is 8.94. The molecule has 0 aliphatic carbocycles. The van der Waals surface area contributed by atoms with E-state index >= 15 is 0 Å². The number of hydrogen-bond donors (Lipinski definition) is 2. The Balaban J connectivity index is 1.91. The van der Waals surface area contributed by atoms with Gasteiger partial charge in [-0.25, -0.2) is 0 Å². The first-order valence-electron chi connectivity index (χ1n) is 8.94. The van der Waals surface area contributed by atoms with E-state index in [2.05, 4.69) is 10.6 Å². The Morgan fingerprint density at radius 3 is 2.10 bits per heavy atom. The summed E-state index contributed by atoms with van der Waals surface area (Å²) in [7, 11) is 6.22. The van der Waals surface area contributed by atoms with Crippen LogP contribution in [0.1, 0.15) is 26.3 Å². The molecule has 0 aromatic heterocycles. The van der Waals surface area contributed by atoms with Crippen molar-refractivity contribution >= 4 is 17.7 Å². The molecule has 3 amide bonds. The molecule has 2 aromatic rings. The Bertz CT molecular complexity index is 880. The van der Waals surface area contributed by atoms with Crippen molar-refractivity contribution in [3.05, 3.63) is 59.2 Å². The maximum absolute atomic E-state index is 12.3. The fraction of sp³-hybridized carbons (Fsp3) is 0.286. The van der Waals surface area contributed by atoms with Gasteiger partial charge in [-0.1, -0.05) is 12.1 Å². The molecule has 8 nitrogen and oxygen atoms in total. The summed E-state index contributed by atoms with van der Waals surface area (Å²) in [5, 5.41) is 5.16. The summed E-state index contributed by atoms with van der Waals surface area (Å²) >= 11 is 0. The van der Waals surface area contributed by atoms with Crippen molar-refractivity contribution < 1.29 is 23.9 Å². The molecule has 0 aliphatic heterocycles. The molecule has 0 atom stereocenters. The first-order chi connectivity index (χ1) is 13.9. The minimum Gasteiger partial charge on any atom is -0.493 e. The average Bonchev–Trinajstić information content (AvgIpc) is 2.76. The Hall–Kier alpha value is -3.55. The number of carbonyl (C=O) groups excluding carboxylic acids is 3. The Morgan fingerprint density at radius 2 is 1.52 bits per heavy atom. The van der Waals surface area contributed by atoms with Crippen LogP contribution in [0.3, 0.4) is 0 Å². The van der Waals surface area contributed by atoms with E-state index < -0.39 is 0 Å². The predicted octanol–water partition coefficient (Wildman–Crippen LogP) is 1.45. The molecule has 0 radical (unpaired) electrons. The van der Waals surface area contributed by atoms with Crippen LogP contribution in [-0.4, -0.2) is 57.5 Å². The highest BCUT2D eigenvalue weighted by atomic mass is 16.5.